The Balaban J connectivity index is 2.30. The van der Waals surface area contributed by atoms with Crippen molar-refractivity contribution < 1.29 is 14.4 Å². The van der Waals surface area contributed by atoms with Crippen molar-refractivity contribution >= 4 is 40.2 Å². The van der Waals surface area contributed by atoms with Crippen LogP contribution in [-0.4, -0.2) is 40.6 Å². The van der Waals surface area contributed by atoms with Gasteiger partial charge in [-0.15, -0.1) is 0 Å². The van der Waals surface area contributed by atoms with Crippen molar-refractivity contribution in [3.8, 4) is 11.3 Å². The number of esters is 1. The van der Waals surface area contributed by atoms with Crippen LogP contribution >= 0.6 is 23.4 Å². The van der Waals surface area contributed by atoms with Gasteiger partial charge in [0, 0.05) is 17.1 Å². The van der Waals surface area contributed by atoms with Crippen LogP contribution in [0.1, 0.15) is 17.3 Å². The van der Waals surface area contributed by atoms with Crippen LogP contribution < -0.4 is 4.84 Å². The van der Waals surface area contributed by atoms with Crippen LogP contribution in [0.2, 0.25) is 5.02 Å². The van der Waals surface area contributed by atoms with Gasteiger partial charge < -0.3 is 9.57 Å². The van der Waals surface area contributed by atoms with Crippen molar-refractivity contribution in [3.63, 3.8) is 0 Å². The fraction of sp³-hybridized carbons (Fsp3) is 0.235. The van der Waals surface area contributed by atoms with Crippen molar-refractivity contribution in [1.82, 2.24) is 14.7 Å². The number of rotatable bonds is 5. The van der Waals surface area contributed by atoms with Crippen molar-refractivity contribution in [2.75, 3.05) is 20.0 Å². The van der Waals surface area contributed by atoms with E-state index in [1.165, 1.54) is 18.0 Å². The van der Waals surface area contributed by atoms with Crippen LogP contribution in [0.5, 0.6) is 0 Å². The van der Waals surface area contributed by atoms with Crippen LogP contribution in [0.3, 0.4) is 0 Å². The number of thioether (sulfide) groups is 1. The zero-order chi connectivity index (χ0) is 18.0. The molecule has 0 bridgehead atoms. The molecular formula is C17H16ClN3O3S. The van der Waals surface area contributed by atoms with Crippen molar-refractivity contribution in [2.45, 2.75) is 12.1 Å². The SMILES string of the molecule is CCOC(=O)c1cnc(SC)nc1-c1cn(OC)c2c(Cl)cccc12. The van der Waals surface area contributed by atoms with Gasteiger partial charge in [-0.2, -0.15) is 4.73 Å². The number of fused-ring (bicyclic) bond motifs is 1. The molecule has 0 saturated heterocycles. The summed E-state index contributed by atoms with van der Waals surface area (Å²) >= 11 is 7.72. The average Bonchev–Trinajstić information content (AvgIpc) is 3.01. The Labute approximate surface area is 154 Å². The Kier molecular flexibility index (Phi) is 5.15. The molecule has 3 aromatic rings. The predicted molar refractivity (Wildman–Crippen MR) is 98.2 cm³/mol. The van der Waals surface area contributed by atoms with Crippen molar-refractivity contribution in [2.24, 2.45) is 0 Å². The number of carbonyl (C=O) groups is 1. The van der Waals surface area contributed by atoms with Gasteiger partial charge in [-0.3, -0.25) is 0 Å². The van der Waals surface area contributed by atoms with E-state index in [1.807, 2.05) is 18.4 Å². The summed E-state index contributed by atoms with van der Waals surface area (Å²) in [7, 11) is 1.55. The van der Waals surface area contributed by atoms with Gasteiger partial charge in [-0.25, -0.2) is 14.8 Å². The Morgan fingerprint density at radius 2 is 2.20 bits per heavy atom. The molecule has 130 valence electrons. The Morgan fingerprint density at radius 3 is 2.88 bits per heavy atom. The molecular weight excluding hydrogens is 362 g/mol. The molecule has 0 aliphatic carbocycles. The minimum Gasteiger partial charge on any atom is -0.462 e. The van der Waals surface area contributed by atoms with Gasteiger partial charge >= 0.3 is 5.97 Å². The number of aromatic nitrogens is 3. The van der Waals surface area contributed by atoms with E-state index in [9.17, 15) is 4.79 Å². The summed E-state index contributed by atoms with van der Waals surface area (Å²) < 4.78 is 6.70. The first-order valence-corrected chi connectivity index (χ1v) is 9.13. The maximum Gasteiger partial charge on any atom is 0.341 e. The molecule has 8 heteroatoms. The highest BCUT2D eigenvalue weighted by atomic mass is 35.5. The molecule has 0 aliphatic heterocycles. The molecule has 3 rings (SSSR count). The number of hydrogen-bond donors (Lipinski definition) is 0. The van der Waals surface area contributed by atoms with Crippen molar-refractivity contribution in [3.05, 3.63) is 41.2 Å². The summed E-state index contributed by atoms with van der Waals surface area (Å²) in [6.07, 6.45) is 5.12. The summed E-state index contributed by atoms with van der Waals surface area (Å²) in [5.74, 6) is -0.467. The maximum absolute atomic E-state index is 12.3. The quantitative estimate of drug-likeness (QED) is 0.383. The number of para-hydroxylation sites is 1. The Morgan fingerprint density at radius 1 is 1.40 bits per heavy atom. The monoisotopic (exact) mass is 377 g/mol. The smallest absolute Gasteiger partial charge is 0.341 e. The number of hydrogen-bond acceptors (Lipinski definition) is 6. The molecule has 0 N–H and O–H groups in total. The summed E-state index contributed by atoms with van der Waals surface area (Å²) in [4.78, 5) is 26.5. The Hall–Kier alpha value is -2.25. The largest absolute Gasteiger partial charge is 0.462 e. The first kappa shape index (κ1) is 17.6. The van der Waals surface area contributed by atoms with Crippen molar-refractivity contribution in [1.29, 1.82) is 0 Å². The summed E-state index contributed by atoms with van der Waals surface area (Å²) in [5.41, 5.74) is 2.22. The first-order valence-electron chi connectivity index (χ1n) is 7.53. The molecule has 0 saturated carbocycles. The molecule has 0 unspecified atom stereocenters. The minimum absolute atomic E-state index is 0.272. The fourth-order valence-corrected chi connectivity index (χ4v) is 3.17. The van der Waals surface area contributed by atoms with Crippen LogP contribution in [-0.2, 0) is 4.74 Å². The number of nitrogens with zero attached hydrogens (tertiary/aromatic N) is 3. The van der Waals surface area contributed by atoms with E-state index in [1.54, 1.807) is 31.0 Å². The van der Waals surface area contributed by atoms with E-state index in [4.69, 9.17) is 21.2 Å². The Bertz CT molecular complexity index is 942. The highest BCUT2D eigenvalue weighted by Gasteiger charge is 2.22. The van der Waals surface area contributed by atoms with Gasteiger partial charge in [-0.05, 0) is 19.2 Å². The van der Waals surface area contributed by atoms with Crippen LogP contribution in [0.25, 0.3) is 22.2 Å². The lowest BCUT2D eigenvalue weighted by atomic mass is 10.1. The fourth-order valence-electron chi connectivity index (χ4n) is 2.57. The lowest BCUT2D eigenvalue weighted by Crippen LogP contribution is -2.09. The normalized spacial score (nSPS) is 10.9. The predicted octanol–water partition coefficient (Wildman–Crippen LogP) is 3.71. The lowest BCUT2D eigenvalue weighted by molar-refractivity contribution is 0.0526. The molecule has 2 heterocycles. The van der Waals surface area contributed by atoms with Crippen LogP contribution in [0.4, 0.5) is 0 Å². The molecule has 6 nitrogen and oxygen atoms in total. The summed E-state index contributed by atoms with van der Waals surface area (Å²) in [6, 6.07) is 5.53. The second-order valence-electron chi connectivity index (χ2n) is 5.03. The number of benzene rings is 1. The third-order valence-corrected chi connectivity index (χ3v) is 4.51. The van der Waals surface area contributed by atoms with Crippen LogP contribution in [0.15, 0.2) is 35.7 Å². The van der Waals surface area contributed by atoms with Gasteiger partial charge in [0.25, 0.3) is 0 Å². The average molecular weight is 378 g/mol. The molecule has 0 atom stereocenters. The zero-order valence-corrected chi connectivity index (χ0v) is 15.5. The first-order chi connectivity index (χ1) is 12.1. The van der Waals surface area contributed by atoms with Crippen LogP contribution in [0, 0.1) is 0 Å². The van der Waals surface area contributed by atoms with E-state index in [0.717, 1.165) is 10.9 Å². The molecule has 0 radical (unpaired) electrons. The van der Waals surface area contributed by atoms with E-state index in [-0.39, 0.29) is 6.61 Å². The van der Waals surface area contributed by atoms with E-state index < -0.39 is 5.97 Å². The molecule has 2 aromatic heterocycles. The highest BCUT2D eigenvalue weighted by molar-refractivity contribution is 7.98. The van der Waals surface area contributed by atoms with E-state index in [2.05, 4.69) is 9.97 Å². The third kappa shape index (κ3) is 3.17. The van der Waals surface area contributed by atoms with Gasteiger partial charge in [0.05, 0.1) is 23.5 Å². The second kappa shape index (κ2) is 7.33. The second-order valence-corrected chi connectivity index (χ2v) is 6.21. The third-order valence-electron chi connectivity index (χ3n) is 3.64. The minimum atomic E-state index is -0.467. The maximum atomic E-state index is 12.3. The van der Waals surface area contributed by atoms with E-state index in [0.29, 0.717) is 27.0 Å². The van der Waals surface area contributed by atoms with Gasteiger partial charge in [-0.1, -0.05) is 35.5 Å². The van der Waals surface area contributed by atoms with Gasteiger partial charge in [0.1, 0.15) is 18.2 Å². The number of ether oxygens (including phenoxy) is 1. The molecule has 0 spiro atoms. The standard InChI is InChI=1S/C17H16ClN3O3S/c1-4-24-16(22)11-8-19-17(25-3)20-14(11)12-9-21(23-2)15-10(12)6-5-7-13(15)18/h5-9H,4H2,1-3H3. The summed E-state index contributed by atoms with van der Waals surface area (Å²) in [6.45, 7) is 2.03. The van der Waals surface area contributed by atoms with E-state index >= 15 is 0 Å². The molecule has 0 amide bonds. The highest BCUT2D eigenvalue weighted by Crippen LogP contribution is 2.35. The molecule has 0 fully saturated rings. The zero-order valence-electron chi connectivity index (χ0n) is 13.9. The molecule has 25 heavy (non-hydrogen) atoms. The van der Waals surface area contributed by atoms with Gasteiger partial charge in [0.15, 0.2) is 5.16 Å². The van der Waals surface area contributed by atoms with Gasteiger partial charge in [0.2, 0.25) is 0 Å². The topological polar surface area (TPSA) is 66.2 Å². The molecule has 0 aliphatic rings. The number of halogens is 1. The number of carbonyl (C=O) groups excluding carboxylic acids is 1. The lowest BCUT2D eigenvalue weighted by Gasteiger charge is -2.08. The molecule has 1 aromatic carbocycles. The summed E-state index contributed by atoms with van der Waals surface area (Å²) in [5, 5.41) is 1.93.